The van der Waals surface area contributed by atoms with Crippen LogP contribution in [0.5, 0.6) is 0 Å². The molecule has 10 heteroatoms. The van der Waals surface area contributed by atoms with Gasteiger partial charge in [0.1, 0.15) is 16.5 Å². The number of alkyl carbamates (subject to hydrolysis) is 1. The molecule has 1 aromatic carbocycles. The molecule has 0 saturated carbocycles. The lowest BCUT2D eigenvalue weighted by molar-refractivity contribution is 0.0529. The first-order valence-electron chi connectivity index (χ1n) is 10.1. The molecule has 2 aromatic rings. The minimum absolute atomic E-state index is 0.0243. The number of ether oxygens (including phenoxy) is 2. The molecule has 1 aromatic heterocycles. The highest BCUT2D eigenvalue weighted by atomic mass is 32.2. The van der Waals surface area contributed by atoms with Gasteiger partial charge >= 0.3 is 6.09 Å². The minimum atomic E-state index is -1.08. The van der Waals surface area contributed by atoms with Crippen LogP contribution >= 0.6 is 0 Å². The van der Waals surface area contributed by atoms with Crippen LogP contribution in [0.15, 0.2) is 41.6 Å². The Balaban J connectivity index is 1.94. The van der Waals surface area contributed by atoms with Gasteiger partial charge in [0, 0.05) is 18.5 Å². The van der Waals surface area contributed by atoms with E-state index in [-0.39, 0.29) is 35.7 Å². The number of nitrogens with one attached hydrogen (secondary N) is 3. The number of amides is 1. The number of benzene rings is 1. The smallest absolute Gasteiger partial charge is 0.407 e. The highest BCUT2D eigenvalue weighted by molar-refractivity contribution is 7.92. The molecule has 0 aliphatic carbocycles. The number of aromatic nitrogens is 2. The first kappa shape index (κ1) is 25.3. The second kappa shape index (κ2) is 11.1. The zero-order valence-electron chi connectivity index (χ0n) is 18.9. The van der Waals surface area contributed by atoms with Gasteiger partial charge in [-0.3, -0.25) is 15.8 Å². The Bertz CT molecular complexity index is 958. The van der Waals surface area contributed by atoms with Crippen molar-refractivity contribution in [2.75, 3.05) is 6.54 Å². The average Bonchev–Trinajstić information content (AvgIpc) is 2.72. The number of carbonyl (C=O) groups excluding carboxylic acids is 1. The quantitative estimate of drug-likeness (QED) is 0.325. The Labute approximate surface area is 191 Å². The predicted molar refractivity (Wildman–Crippen MR) is 124 cm³/mol. The van der Waals surface area contributed by atoms with Gasteiger partial charge < -0.3 is 19.3 Å². The van der Waals surface area contributed by atoms with E-state index in [4.69, 9.17) is 20.3 Å². The van der Waals surface area contributed by atoms with E-state index in [0.29, 0.717) is 5.69 Å². The van der Waals surface area contributed by atoms with E-state index in [0.717, 1.165) is 10.5 Å². The first-order chi connectivity index (χ1) is 15.0. The second-order valence-corrected chi connectivity index (χ2v) is 10.2. The van der Waals surface area contributed by atoms with Gasteiger partial charge in [0.15, 0.2) is 10.8 Å². The Kier molecular flexibility index (Phi) is 8.73. The summed E-state index contributed by atoms with van der Waals surface area (Å²) in [5.74, 6) is -0.516. The third kappa shape index (κ3) is 7.93. The molecule has 0 aliphatic heterocycles. The van der Waals surface area contributed by atoms with E-state index in [2.05, 4.69) is 15.3 Å². The Hall–Kier alpha value is -2.98. The molecule has 32 heavy (non-hydrogen) atoms. The van der Waals surface area contributed by atoms with Gasteiger partial charge in [0.05, 0.1) is 18.1 Å². The van der Waals surface area contributed by atoms with Crippen LogP contribution in [0.4, 0.5) is 4.79 Å². The van der Waals surface area contributed by atoms with Crippen molar-refractivity contribution in [2.24, 2.45) is 0 Å². The number of hydrogen-bond donors (Lipinski definition) is 3. The highest BCUT2D eigenvalue weighted by Crippen LogP contribution is 2.21. The Morgan fingerprint density at radius 3 is 2.44 bits per heavy atom. The fraction of sp³-hybridized carbons (Fsp3) is 0.409. The van der Waals surface area contributed by atoms with Crippen LogP contribution in [0.25, 0.3) is 11.3 Å². The van der Waals surface area contributed by atoms with Crippen LogP contribution in [-0.2, 0) is 20.6 Å². The van der Waals surface area contributed by atoms with Gasteiger partial charge in [-0.05, 0) is 70.1 Å². The molecule has 2 rings (SSSR count). The summed E-state index contributed by atoms with van der Waals surface area (Å²) < 4.78 is 22.5. The molecule has 172 valence electrons. The maximum absolute atomic E-state index is 12.2. The molecule has 9 nitrogen and oxygen atoms in total. The van der Waals surface area contributed by atoms with Crippen molar-refractivity contribution in [2.45, 2.75) is 56.8 Å². The summed E-state index contributed by atoms with van der Waals surface area (Å²) in [5, 5.41) is 18.5. The number of hydrogen-bond acceptors (Lipinski definition) is 8. The van der Waals surface area contributed by atoms with Crippen molar-refractivity contribution in [1.82, 2.24) is 15.3 Å². The van der Waals surface area contributed by atoms with Gasteiger partial charge in [-0.15, -0.1) is 0 Å². The maximum Gasteiger partial charge on any atom is 0.407 e. The summed E-state index contributed by atoms with van der Waals surface area (Å²) in [6.45, 7) is 9.21. The van der Waals surface area contributed by atoms with Crippen LogP contribution in [0, 0.1) is 10.8 Å². The van der Waals surface area contributed by atoms with Gasteiger partial charge in [0.2, 0.25) is 5.90 Å². The van der Waals surface area contributed by atoms with Crippen LogP contribution in [0.2, 0.25) is 0 Å². The number of rotatable bonds is 7. The third-order valence-corrected chi connectivity index (χ3v) is 5.52. The molecule has 1 heterocycles. The lowest BCUT2D eigenvalue weighted by atomic mass is 10.1. The molecule has 1 unspecified atom stereocenters. The van der Waals surface area contributed by atoms with E-state index in [1.807, 2.05) is 13.8 Å². The normalized spacial score (nSPS) is 12.2. The summed E-state index contributed by atoms with van der Waals surface area (Å²) in [7, 11) is 0. The average molecular weight is 460 g/mol. The predicted octanol–water partition coefficient (Wildman–Crippen LogP) is 3.89. The SMILES string of the molecule is CC(C)[S+]([O-])c1ccc(-c2cncc(C(=N)OC(=N)CCNC(=O)OC(C)(C)C)n2)cc1. The van der Waals surface area contributed by atoms with Crippen molar-refractivity contribution < 1.29 is 18.8 Å². The largest absolute Gasteiger partial charge is 0.611 e. The molecule has 0 radical (unpaired) electrons. The van der Waals surface area contributed by atoms with E-state index in [1.165, 1.54) is 6.20 Å². The van der Waals surface area contributed by atoms with Crippen LogP contribution in [0.3, 0.4) is 0 Å². The van der Waals surface area contributed by atoms with Gasteiger partial charge in [0.25, 0.3) is 0 Å². The minimum Gasteiger partial charge on any atom is -0.611 e. The monoisotopic (exact) mass is 459 g/mol. The lowest BCUT2D eigenvalue weighted by Crippen LogP contribution is -2.33. The Morgan fingerprint density at radius 1 is 1.19 bits per heavy atom. The Morgan fingerprint density at radius 2 is 1.84 bits per heavy atom. The molecule has 0 aliphatic rings. The van der Waals surface area contributed by atoms with Crippen molar-refractivity contribution in [3.63, 3.8) is 0 Å². The zero-order chi connectivity index (χ0) is 23.9. The van der Waals surface area contributed by atoms with Gasteiger partial charge in [-0.25, -0.2) is 9.78 Å². The van der Waals surface area contributed by atoms with Crippen LogP contribution in [0.1, 0.15) is 46.7 Å². The summed E-state index contributed by atoms with van der Waals surface area (Å²) >= 11 is -1.08. The lowest BCUT2D eigenvalue weighted by Gasteiger charge is -2.19. The molecule has 3 N–H and O–H groups in total. The maximum atomic E-state index is 12.2. The number of nitrogens with zero attached hydrogens (tertiary/aromatic N) is 2. The molecule has 0 bridgehead atoms. The topological polar surface area (TPSA) is 144 Å². The first-order valence-corrected chi connectivity index (χ1v) is 11.3. The van der Waals surface area contributed by atoms with Crippen molar-refractivity contribution >= 4 is 29.1 Å². The summed E-state index contributed by atoms with van der Waals surface area (Å²) in [6.07, 6.45) is 2.44. The van der Waals surface area contributed by atoms with Crippen molar-refractivity contribution in [1.29, 1.82) is 10.8 Å². The van der Waals surface area contributed by atoms with E-state index in [9.17, 15) is 9.35 Å². The van der Waals surface area contributed by atoms with Gasteiger partial charge in [-0.1, -0.05) is 0 Å². The molecule has 0 saturated heterocycles. The fourth-order valence-electron chi connectivity index (χ4n) is 2.47. The van der Waals surface area contributed by atoms with E-state index < -0.39 is 22.9 Å². The van der Waals surface area contributed by atoms with E-state index >= 15 is 0 Å². The van der Waals surface area contributed by atoms with Crippen LogP contribution < -0.4 is 5.32 Å². The van der Waals surface area contributed by atoms with E-state index in [1.54, 1.807) is 51.2 Å². The fourth-order valence-corrected chi connectivity index (χ4v) is 3.41. The second-order valence-electron chi connectivity index (χ2n) is 8.19. The standard InChI is InChI=1S/C22H29N5O4S/c1-14(2)32(29)16-8-6-15(7-9-16)17-12-25-13-18(27-17)20(24)30-19(23)10-11-26-21(28)31-22(3,4)5/h6-9,12-14,23-24H,10-11H2,1-5H3,(H,26,28). The summed E-state index contributed by atoms with van der Waals surface area (Å²) in [5.41, 5.74) is 0.845. The van der Waals surface area contributed by atoms with Gasteiger partial charge in [-0.2, -0.15) is 0 Å². The third-order valence-electron chi connectivity index (χ3n) is 3.92. The summed E-state index contributed by atoms with van der Waals surface area (Å²) in [6, 6.07) is 7.18. The highest BCUT2D eigenvalue weighted by Gasteiger charge is 2.17. The zero-order valence-corrected chi connectivity index (χ0v) is 19.7. The molecule has 1 atom stereocenters. The molecule has 0 fully saturated rings. The van der Waals surface area contributed by atoms with Crippen LogP contribution in [-0.4, -0.2) is 49.8 Å². The molecule has 0 spiro atoms. The molecule has 1 amide bonds. The van der Waals surface area contributed by atoms with Crippen molar-refractivity contribution in [3.05, 3.63) is 42.4 Å². The number of carbonyl (C=O) groups is 1. The molecular formula is C22H29N5O4S. The van der Waals surface area contributed by atoms with Crippen molar-refractivity contribution in [3.8, 4) is 11.3 Å². The summed E-state index contributed by atoms with van der Waals surface area (Å²) in [4.78, 5) is 20.8. The molecular weight excluding hydrogens is 430 g/mol.